The van der Waals surface area contributed by atoms with Crippen molar-refractivity contribution < 1.29 is 24.0 Å². The topological polar surface area (TPSA) is 139 Å². The number of unbranched alkanes of at least 4 members (excludes halogenated alkanes) is 3. The highest BCUT2D eigenvalue weighted by atomic mass is 16.2. The Hall–Kier alpha value is -2.55. The Morgan fingerprint density at radius 3 is 2.16 bits per heavy atom. The summed E-state index contributed by atoms with van der Waals surface area (Å²) >= 11 is 0. The fourth-order valence-corrected chi connectivity index (χ4v) is 3.34. The number of imide groups is 1. The van der Waals surface area contributed by atoms with Crippen molar-refractivity contribution in [2.45, 2.75) is 84.7 Å². The third-order valence-electron chi connectivity index (χ3n) is 5.28. The van der Waals surface area contributed by atoms with Crippen LogP contribution < -0.4 is 16.4 Å². The Bertz CT molecular complexity index is 708. The minimum atomic E-state index is -0.766. The first-order valence-corrected chi connectivity index (χ1v) is 11.3. The Balaban J connectivity index is 2.39. The molecule has 0 spiro atoms. The van der Waals surface area contributed by atoms with Crippen LogP contribution >= 0.6 is 0 Å². The van der Waals surface area contributed by atoms with Crippen molar-refractivity contribution >= 4 is 29.4 Å². The third kappa shape index (κ3) is 9.30. The molecular formula is C23H38N4O5. The van der Waals surface area contributed by atoms with E-state index in [1.807, 2.05) is 20.8 Å². The standard InChI is InChI=1S/C23H38N4O5/c1-16(22(32)26-17(10-7-8-14-24)21(31)23(2,3)4)25-18(28)11-6-5-9-15-27-19(29)12-13-20(27)30/h12-13,16-17H,5-11,14-15,24H2,1-4H3,(H,25,28)(H,26,32). The molecule has 0 aliphatic carbocycles. The van der Waals surface area contributed by atoms with Crippen LogP contribution in [0.2, 0.25) is 0 Å². The lowest BCUT2D eigenvalue weighted by Crippen LogP contribution is -2.52. The number of nitrogens with one attached hydrogen (secondary N) is 2. The van der Waals surface area contributed by atoms with Crippen LogP contribution in [0.25, 0.3) is 0 Å². The number of hydrogen-bond acceptors (Lipinski definition) is 6. The van der Waals surface area contributed by atoms with Gasteiger partial charge in [-0.1, -0.05) is 27.2 Å². The molecule has 0 radical (unpaired) electrons. The van der Waals surface area contributed by atoms with Gasteiger partial charge in [0.2, 0.25) is 11.8 Å². The van der Waals surface area contributed by atoms with Gasteiger partial charge in [-0.3, -0.25) is 28.9 Å². The van der Waals surface area contributed by atoms with Gasteiger partial charge in [-0.25, -0.2) is 0 Å². The van der Waals surface area contributed by atoms with E-state index in [9.17, 15) is 24.0 Å². The molecule has 1 heterocycles. The quantitative estimate of drug-likeness (QED) is 0.268. The van der Waals surface area contributed by atoms with E-state index in [2.05, 4.69) is 10.6 Å². The summed E-state index contributed by atoms with van der Waals surface area (Å²) in [5, 5.41) is 5.45. The van der Waals surface area contributed by atoms with Gasteiger partial charge >= 0.3 is 0 Å². The molecule has 2 unspecified atom stereocenters. The summed E-state index contributed by atoms with van der Waals surface area (Å²) in [6.45, 7) is 7.89. The normalized spacial score (nSPS) is 15.6. The molecule has 4 N–H and O–H groups in total. The zero-order valence-corrected chi connectivity index (χ0v) is 19.7. The van der Waals surface area contributed by atoms with Gasteiger partial charge in [0.15, 0.2) is 5.78 Å². The maximum Gasteiger partial charge on any atom is 0.253 e. The molecule has 1 aliphatic rings. The molecule has 1 aliphatic heterocycles. The van der Waals surface area contributed by atoms with Crippen LogP contribution in [0.15, 0.2) is 12.2 Å². The SMILES string of the molecule is CC(NC(=O)CCCCCN1C(=O)C=CC1=O)C(=O)NC(CCCCN)C(=O)C(C)(C)C. The van der Waals surface area contributed by atoms with E-state index in [4.69, 9.17) is 5.73 Å². The number of amides is 4. The third-order valence-corrected chi connectivity index (χ3v) is 5.28. The summed E-state index contributed by atoms with van der Waals surface area (Å²) in [6.07, 6.45) is 6.61. The molecule has 0 aromatic heterocycles. The number of carbonyl (C=O) groups is 5. The van der Waals surface area contributed by atoms with Crippen molar-refractivity contribution in [1.29, 1.82) is 0 Å². The van der Waals surface area contributed by atoms with E-state index in [1.54, 1.807) is 6.92 Å². The number of Topliss-reactive ketones (excluding diaryl/α,β-unsaturated/α-hetero) is 1. The lowest BCUT2D eigenvalue weighted by Gasteiger charge is -2.27. The summed E-state index contributed by atoms with van der Waals surface area (Å²) in [4.78, 5) is 61.6. The van der Waals surface area contributed by atoms with E-state index in [1.165, 1.54) is 17.1 Å². The molecule has 9 heteroatoms. The number of nitrogens with two attached hydrogens (primary N) is 1. The Morgan fingerprint density at radius 1 is 0.969 bits per heavy atom. The first kappa shape index (κ1) is 27.5. The molecule has 9 nitrogen and oxygen atoms in total. The van der Waals surface area contributed by atoms with Crippen molar-refractivity contribution in [3.63, 3.8) is 0 Å². The van der Waals surface area contributed by atoms with Crippen LogP contribution in [-0.4, -0.2) is 59.5 Å². The lowest BCUT2D eigenvalue weighted by molar-refractivity contribution is -0.137. The minimum Gasteiger partial charge on any atom is -0.345 e. The van der Waals surface area contributed by atoms with E-state index >= 15 is 0 Å². The predicted molar refractivity (Wildman–Crippen MR) is 121 cm³/mol. The van der Waals surface area contributed by atoms with Crippen LogP contribution in [0.1, 0.15) is 72.6 Å². The molecule has 0 aromatic carbocycles. The van der Waals surface area contributed by atoms with E-state index in [-0.39, 0.29) is 29.9 Å². The van der Waals surface area contributed by atoms with Crippen LogP contribution in [0, 0.1) is 5.41 Å². The zero-order chi connectivity index (χ0) is 24.3. The van der Waals surface area contributed by atoms with Crippen LogP contribution in [-0.2, 0) is 24.0 Å². The van der Waals surface area contributed by atoms with E-state index in [0.717, 1.165) is 12.8 Å². The monoisotopic (exact) mass is 450 g/mol. The molecule has 180 valence electrons. The summed E-state index contributed by atoms with van der Waals surface area (Å²) in [5.41, 5.74) is 4.94. The van der Waals surface area contributed by atoms with Gasteiger partial charge < -0.3 is 16.4 Å². The highest BCUT2D eigenvalue weighted by molar-refractivity contribution is 6.12. The Morgan fingerprint density at radius 2 is 1.59 bits per heavy atom. The van der Waals surface area contributed by atoms with E-state index < -0.39 is 23.4 Å². The maximum atomic E-state index is 12.7. The van der Waals surface area contributed by atoms with Crippen molar-refractivity contribution in [2.75, 3.05) is 13.1 Å². The number of carbonyl (C=O) groups excluding carboxylic acids is 5. The van der Waals surface area contributed by atoms with Gasteiger partial charge in [0.25, 0.3) is 11.8 Å². The minimum absolute atomic E-state index is 0.0495. The number of nitrogens with zero attached hydrogens (tertiary/aromatic N) is 1. The summed E-state index contributed by atoms with van der Waals surface area (Å²) in [6, 6.07) is -1.38. The van der Waals surface area contributed by atoms with Crippen LogP contribution in [0.4, 0.5) is 0 Å². The van der Waals surface area contributed by atoms with Crippen LogP contribution in [0.3, 0.4) is 0 Å². The van der Waals surface area contributed by atoms with Crippen molar-refractivity contribution in [2.24, 2.45) is 11.1 Å². The second-order valence-corrected chi connectivity index (χ2v) is 9.22. The fraction of sp³-hybridized carbons (Fsp3) is 0.696. The van der Waals surface area contributed by atoms with E-state index in [0.29, 0.717) is 38.8 Å². The van der Waals surface area contributed by atoms with Gasteiger partial charge in [0.05, 0.1) is 6.04 Å². The summed E-state index contributed by atoms with van der Waals surface area (Å²) in [5.74, 6) is -1.32. The van der Waals surface area contributed by atoms with Crippen LogP contribution in [0.5, 0.6) is 0 Å². The molecule has 1 rings (SSSR count). The second kappa shape index (κ2) is 13.1. The average molecular weight is 451 g/mol. The molecule has 4 amide bonds. The first-order valence-electron chi connectivity index (χ1n) is 11.3. The molecule has 2 atom stereocenters. The van der Waals surface area contributed by atoms with Gasteiger partial charge in [-0.15, -0.1) is 0 Å². The van der Waals surface area contributed by atoms with Gasteiger partial charge in [0, 0.05) is 30.5 Å². The molecule has 0 saturated heterocycles. The number of hydrogen-bond donors (Lipinski definition) is 3. The van der Waals surface area contributed by atoms with Crippen molar-refractivity contribution in [1.82, 2.24) is 15.5 Å². The highest BCUT2D eigenvalue weighted by Crippen LogP contribution is 2.19. The number of ketones is 1. The Kier molecular flexibility index (Phi) is 11.3. The average Bonchev–Trinajstić information content (AvgIpc) is 3.03. The Labute approximate surface area is 190 Å². The molecule has 0 aromatic rings. The smallest absolute Gasteiger partial charge is 0.253 e. The molecule has 0 saturated carbocycles. The van der Waals surface area contributed by atoms with Gasteiger partial charge in [-0.05, 0) is 45.6 Å². The van der Waals surface area contributed by atoms with Crippen molar-refractivity contribution in [3.05, 3.63) is 12.2 Å². The highest BCUT2D eigenvalue weighted by Gasteiger charge is 2.31. The van der Waals surface area contributed by atoms with Gasteiger partial charge in [0.1, 0.15) is 6.04 Å². The zero-order valence-electron chi connectivity index (χ0n) is 19.7. The van der Waals surface area contributed by atoms with Gasteiger partial charge in [-0.2, -0.15) is 0 Å². The predicted octanol–water partition coefficient (Wildman–Crippen LogP) is 1.21. The molecule has 0 bridgehead atoms. The molecule has 32 heavy (non-hydrogen) atoms. The molecule has 0 fully saturated rings. The fourth-order valence-electron chi connectivity index (χ4n) is 3.34. The number of rotatable bonds is 14. The molecular weight excluding hydrogens is 412 g/mol. The maximum absolute atomic E-state index is 12.7. The summed E-state index contributed by atoms with van der Waals surface area (Å²) < 4.78 is 0. The second-order valence-electron chi connectivity index (χ2n) is 9.22. The van der Waals surface area contributed by atoms with Crippen molar-refractivity contribution in [3.8, 4) is 0 Å². The first-order chi connectivity index (χ1) is 15.0. The lowest BCUT2D eigenvalue weighted by atomic mass is 9.84. The largest absolute Gasteiger partial charge is 0.345 e. The summed E-state index contributed by atoms with van der Waals surface area (Å²) in [7, 11) is 0.